The van der Waals surface area contributed by atoms with Crippen LogP contribution in [0.4, 0.5) is 0 Å². The van der Waals surface area contributed by atoms with Crippen LogP contribution in [0.1, 0.15) is 39.2 Å². The summed E-state index contributed by atoms with van der Waals surface area (Å²) in [6.45, 7) is 7.13. The Hall–Kier alpha value is -1.18. The van der Waals surface area contributed by atoms with E-state index in [0.717, 1.165) is 12.2 Å². The van der Waals surface area contributed by atoms with E-state index in [0.29, 0.717) is 11.7 Å². The molecule has 1 fully saturated rings. The van der Waals surface area contributed by atoms with Gasteiger partial charge in [0, 0.05) is 0 Å². The van der Waals surface area contributed by atoms with E-state index in [1.807, 2.05) is 18.2 Å². The number of benzene rings is 1. The summed E-state index contributed by atoms with van der Waals surface area (Å²) in [5.41, 5.74) is 1.19. The van der Waals surface area contributed by atoms with Crippen LogP contribution in [0, 0.1) is 5.92 Å². The largest absolute Gasteiger partial charge is 0.504 e. The summed E-state index contributed by atoms with van der Waals surface area (Å²) in [7, 11) is 0. The molecule has 1 aromatic carbocycles. The van der Waals surface area contributed by atoms with E-state index in [4.69, 9.17) is 4.74 Å². The van der Waals surface area contributed by atoms with E-state index in [-0.39, 0.29) is 11.2 Å². The van der Waals surface area contributed by atoms with Crippen LogP contribution in [0.3, 0.4) is 0 Å². The Balaban J connectivity index is 2.09. The maximum atomic E-state index is 9.86. The third-order valence-corrected chi connectivity index (χ3v) is 3.00. The van der Waals surface area contributed by atoms with E-state index in [2.05, 4.69) is 20.8 Å². The van der Waals surface area contributed by atoms with Crippen molar-refractivity contribution >= 4 is 0 Å². The van der Waals surface area contributed by atoms with Gasteiger partial charge in [0.1, 0.15) is 0 Å². The van der Waals surface area contributed by atoms with Gasteiger partial charge in [-0.05, 0) is 41.9 Å². The molecule has 16 heavy (non-hydrogen) atoms. The third-order valence-electron chi connectivity index (χ3n) is 3.00. The van der Waals surface area contributed by atoms with E-state index < -0.39 is 0 Å². The van der Waals surface area contributed by atoms with Crippen molar-refractivity contribution in [2.75, 3.05) is 6.61 Å². The fourth-order valence-corrected chi connectivity index (χ4v) is 1.60. The van der Waals surface area contributed by atoms with Crippen LogP contribution in [0.15, 0.2) is 18.2 Å². The van der Waals surface area contributed by atoms with Gasteiger partial charge in [0.25, 0.3) is 0 Å². The van der Waals surface area contributed by atoms with Gasteiger partial charge in [0.2, 0.25) is 0 Å². The van der Waals surface area contributed by atoms with Gasteiger partial charge in [-0.25, -0.2) is 0 Å². The highest BCUT2D eigenvalue weighted by Gasteiger charge is 2.22. The standard InChI is InChI=1S/C14H20O2/c1-14(2,3)11-6-7-13(12(15)8-11)16-9-10-4-5-10/h6-8,10,15H,4-5,9H2,1-3H3. The van der Waals surface area contributed by atoms with E-state index >= 15 is 0 Å². The van der Waals surface area contributed by atoms with Crippen molar-refractivity contribution in [3.8, 4) is 11.5 Å². The molecule has 2 nitrogen and oxygen atoms in total. The minimum absolute atomic E-state index is 0.0620. The zero-order valence-corrected chi connectivity index (χ0v) is 10.3. The summed E-state index contributed by atoms with van der Waals surface area (Å²) in [6, 6.07) is 5.71. The zero-order valence-electron chi connectivity index (χ0n) is 10.3. The number of rotatable bonds is 3. The average Bonchev–Trinajstić information content (AvgIpc) is 2.98. The second kappa shape index (κ2) is 4.00. The van der Waals surface area contributed by atoms with Crippen LogP contribution >= 0.6 is 0 Å². The molecule has 0 aliphatic heterocycles. The second-order valence-corrected chi connectivity index (χ2v) is 5.69. The Morgan fingerprint density at radius 1 is 1.31 bits per heavy atom. The molecule has 1 N–H and O–H groups in total. The second-order valence-electron chi connectivity index (χ2n) is 5.69. The van der Waals surface area contributed by atoms with Crippen molar-refractivity contribution in [3.63, 3.8) is 0 Å². The minimum Gasteiger partial charge on any atom is -0.504 e. The highest BCUT2D eigenvalue weighted by Crippen LogP contribution is 2.34. The molecule has 0 bridgehead atoms. The lowest BCUT2D eigenvalue weighted by molar-refractivity contribution is 0.284. The molecule has 1 aliphatic carbocycles. The summed E-state index contributed by atoms with van der Waals surface area (Å²) in [4.78, 5) is 0. The van der Waals surface area contributed by atoms with Crippen molar-refractivity contribution in [1.82, 2.24) is 0 Å². The molecule has 0 radical (unpaired) electrons. The molecule has 1 aromatic rings. The third kappa shape index (κ3) is 2.69. The zero-order chi connectivity index (χ0) is 11.8. The first-order valence-corrected chi connectivity index (χ1v) is 5.93. The molecule has 2 heteroatoms. The molecule has 0 unspecified atom stereocenters. The first-order valence-electron chi connectivity index (χ1n) is 5.93. The maximum Gasteiger partial charge on any atom is 0.160 e. The molecule has 0 spiro atoms. The Bertz CT molecular complexity index is 373. The molecule has 0 amide bonds. The number of hydrogen-bond acceptors (Lipinski definition) is 2. The van der Waals surface area contributed by atoms with Gasteiger partial charge < -0.3 is 9.84 Å². The Morgan fingerprint density at radius 3 is 2.50 bits per heavy atom. The van der Waals surface area contributed by atoms with Crippen molar-refractivity contribution in [3.05, 3.63) is 23.8 Å². The molecule has 0 aromatic heterocycles. The Morgan fingerprint density at radius 2 is 2.00 bits per heavy atom. The van der Waals surface area contributed by atoms with Gasteiger partial charge in [0.05, 0.1) is 6.61 Å². The molecule has 88 valence electrons. The quantitative estimate of drug-likeness (QED) is 0.845. The summed E-state index contributed by atoms with van der Waals surface area (Å²) in [6.07, 6.45) is 2.53. The number of hydrogen-bond donors (Lipinski definition) is 1. The van der Waals surface area contributed by atoms with E-state index in [9.17, 15) is 5.11 Å². The van der Waals surface area contributed by atoms with Crippen molar-refractivity contribution in [1.29, 1.82) is 0 Å². The number of phenolic OH excluding ortho intramolecular Hbond substituents is 1. The lowest BCUT2D eigenvalue weighted by atomic mass is 9.87. The fraction of sp³-hybridized carbons (Fsp3) is 0.571. The van der Waals surface area contributed by atoms with Crippen molar-refractivity contribution in [2.45, 2.75) is 39.0 Å². The van der Waals surface area contributed by atoms with Gasteiger partial charge in [0.15, 0.2) is 11.5 Å². The maximum absolute atomic E-state index is 9.86. The molecular formula is C14H20O2. The van der Waals surface area contributed by atoms with E-state index in [1.54, 1.807) is 0 Å². The van der Waals surface area contributed by atoms with Crippen LogP contribution in [-0.2, 0) is 5.41 Å². The van der Waals surface area contributed by atoms with Gasteiger partial charge in [-0.15, -0.1) is 0 Å². The summed E-state index contributed by atoms with van der Waals surface area (Å²) >= 11 is 0. The predicted molar refractivity (Wildman–Crippen MR) is 65.0 cm³/mol. The molecule has 0 heterocycles. The first kappa shape index (κ1) is 11.3. The van der Waals surface area contributed by atoms with Crippen molar-refractivity contribution in [2.24, 2.45) is 5.92 Å². The SMILES string of the molecule is CC(C)(C)c1ccc(OCC2CC2)c(O)c1. The van der Waals surface area contributed by atoms with Crippen LogP contribution in [0.2, 0.25) is 0 Å². The van der Waals surface area contributed by atoms with E-state index in [1.165, 1.54) is 12.8 Å². The van der Waals surface area contributed by atoms with Gasteiger partial charge in [-0.3, -0.25) is 0 Å². The molecule has 1 saturated carbocycles. The first-order chi connectivity index (χ1) is 7.47. The van der Waals surface area contributed by atoms with Crippen LogP contribution in [0.5, 0.6) is 11.5 Å². The summed E-state index contributed by atoms with van der Waals surface area (Å²) in [5, 5.41) is 9.86. The lowest BCUT2D eigenvalue weighted by Crippen LogP contribution is -2.10. The summed E-state index contributed by atoms with van der Waals surface area (Å²) < 4.78 is 5.58. The highest BCUT2D eigenvalue weighted by atomic mass is 16.5. The smallest absolute Gasteiger partial charge is 0.160 e. The van der Waals surface area contributed by atoms with Gasteiger partial charge in [-0.2, -0.15) is 0 Å². The number of phenols is 1. The van der Waals surface area contributed by atoms with Crippen LogP contribution in [0.25, 0.3) is 0 Å². The number of ether oxygens (including phenoxy) is 1. The van der Waals surface area contributed by atoms with Gasteiger partial charge >= 0.3 is 0 Å². The Kier molecular flexibility index (Phi) is 2.83. The lowest BCUT2D eigenvalue weighted by Gasteiger charge is -2.20. The van der Waals surface area contributed by atoms with Crippen LogP contribution < -0.4 is 4.74 Å². The van der Waals surface area contributed by atoms with Gasteiger partial charge in [-0.1, -0.05) is 26.8 Å². The topological polar surface area (TPSA) is 29.5 Å². The molecule has 1 aliphatic rings. The fourth-order valence-electron chi connectivity index (χ4n) is 1.60. The predicted octanol–water partition coefficient (Wildman–Crippen LogP) is 3.48. The monoisotopic (exact) mass is 220 g/mol. The Labute approximate surface area is 97.3 Å². The number of aromatic hydroxyl groups is 1. The molecule has 0 saturated heterocycles. The summed E-state index contributed by atoms with van der Waals surface area (Å²) in [5.74, 6) is 1.58. The molecular weight excluding hydrogens is 200 g/mol. The minimum atomic E-state index is 0.0620. The van der Waals surface area contributed by atoms with Crippen molar-refractivity contribution < 1.29 is 9.84 Å². The molecule has 0 atom stereocenters. The van der Waals surface area contributed by atoms with Crippen LogP contribution in [-0.4, -0.2) is 11.7 Å². The molecule has 2 rings (SSSR count). The highest BCUT2D eigenvalue weighted by molar-refractivity contribution is 5.43. The normalized spacial score (nSPS) is 16.2. The average molecular weight is 220 g/mol.